The molecule has 1 aliphatic heterocycles. The molecule has 0 N–H and O–H groups in total. The molecule has 0 spiro atoms. The Labute approximate surface area is 174 Å². The van der Waals surface area contributed by atoms with Crippen molar-refractivity contribution in [3.63, 3.8) is 0 Å². The summed E-state index contributed by atoms with van der Waals surface area (Å²) < 4.78 is 11.3. The lowest BCUT2D eigenvalue weighted by atomic mass is 9.87. The molecule has 1 fully saturated rings. The summed E-state index contributed by atoms with van der Waals surface area (Å²) in [5.41, 5.74) is 3.03. The highest BCUT2D eigenvalue weighted by atomic mass is 16.5. The molecule has 1 saturated heterocycles. The van der Waals surface area contributed by atoms with E-state index in [1.54, 1.807) is 0 Å². The fourth-order valence-corrected chi connectivity index (χ4v) is 3.49. The number of esters is 1. The highest BCUT2D eigenvalue weighted by molar-refractivity contribution is 5.89. The van der Waals surface area contributed by atoms with E-state index in [1.165, 1.54) is 24.8 Å². The van der Waals surface area contributed by atoms with Crippen LogP contribution in [-0.4, -0.2) is 37.1 Å². The number of hydrogen-bond acceptors (Lipinski definition) is 4. The van der Waals surface area contributed by atoms with Crippen LogP contribution in [0.4, 0.5) is 0 Å². The van der Waals surface area contributed by atoms with Gasteiger partial charge in [-0.15, -0.1) is 0 Å². The molecule has 0 unspecified atom stereocenters. The van der Waals surface area contributed by atoms with E-state index in [9.17, 15) is 4.79 Å². The Balaban J connectivity index is 1.43. The number of nitrogens with zero attached hydrogens (tertiary/aromatic N) is 1. The second-order valence-corrected chi connectivity index (χ2v) is 8.80. The summed E-state index contributed by atoms with van der Waals surface area (Å²) in [6.45, 7) is 10.6. The van der Waals surface area contributed by atoms with E-state index in [0.717, 1.165) is 30.9 Å². The molecule has 0 aliphatic carbocycles. The van der Waals surface area contributed by atoms with Crippen LogP contribution in [0.5, 0.6) is 5.75 Å². The molecular formula is C25H33NO3. The first-order valence-corrected chi connectivity index (χ1v) is 10.6. The summed E-state index contributed by atoms with van der Waals surface area (Å²) in [4.78, 5) is 14.6. The Bertz CT molecular complexity index is 769. The first-order valence-electron chi connectivity index (χ1n) is 10.6. The van der Waals surface area contributed by atoms with E-state index in [4.69, 9.17) is 9.47 Å². The monoisotopic (exact) mass is 395 g/mol. The summed E-state index contributed by atoms with van der Waals surface area (Å²) in [5.74, 6) is 0.589. The van der Waals surface area contributed by atoms with Crippen LogP contribution in [0.25, 0.3) is 0 Å². The Hall–Kier alpha value is -2.33. The minimum Gasteiger partial charge on any atom is -0.489 e. The quantitative estimate of drug-likeness (QED) is 0.604. The molecule has 0 amide bonds. The predicted molar refractivity (Wildman–Crippen MR) is 116 cm³/mol. The molecule has 3 rings (SSSR count). The highest BCUT2D eigenvalue weighted by Gasteiger charge is 2.13. The minimum absolute atomic E-state index is 0.136. The molecule has 4 heteroatoms. The molecule has 1 aliphatic rings. The molecule has 29 heavy (non-hydrogen) atoms. The lowest BCUT2D eigenvalue weighted by Gasteiger charge is -2.25. The molecule has 0 atom stereocenters. The number of carbonyl (C=O) groups excluding carboxylic acids is 1. The van der Waals surface area contributed by atoms with Crippen molar-refractivity contribution in [2.24, 2.45) is 0 Å². The third kappa shape index (κ3) is 6.60. The van der Waals surface area contributed by atoms with Crippen molar-refractivity contribution in [2.45, 2.75) is 52.1 Å². The van der Waals surface area contributed by atoms with Gasteiger partial charge in [-0.05, 0) is 66.7 Å². The van der Waals surface area contributed by atoms with Crippen molar-refractivity contribution in [2.75, 3.05) is 26.2 Å². The van der Waals surface area contributed by atoms with Gasteiger partial charge in [0.15, 0.2) is 0 Å². The number of carbonyl (C=O) groups is 1. The van der Waals surface area contributed by atoms with Gasteiger partial charge in [-0.1, -0.05) is 51.5 Å². The van der Waals surface area contributed by atoms with Crippen molar-refractivity contribution in [3.05, 3.63) is 65.2 Å². The average molecular weight is 396 g/mol. The number of benzene rings is 2. The third-order valence-electron chi connectivity index (χ3n) is 5.40. The van der Waals surface area contributed by atoms with E-state index in [2.05, 4.69) is 37.8 Å². The highest BCUT2D eigenvalue weighted by Crippen LogP contribution is 2.24. The van der Waals surface area contributed by atoms with Crippen LogP contribution < -0.4 is 4.74 Å². The van der Waals surface area contributed by atoms with Gasteiger partial charge in [0.25, 0.3) is 0 Å². The summed E-state index contributed by atoms with van der Waals surface area (Å²) in [6.07, 6.45) is 3.81. The molecule has 0 bridgehead atoms. The van der Waals surface area contributed by atoms with E-state index < -0.39 is 0 Å². The van der Waals surface area contributed by atoms with Crippen molar-refractivity contribution in [3.8, 4) is 5.75 Å². The maximum absolute atomic E-state index is 12.2. The molecule has 0 saturated carbocycles. The topological polar surface area (TPSA) is 38.8 Å². The lowest BCUT2D eigenvalue weighted by molar-refractivity contribution is 0.0452. The third-order valence-corrected chi connectivity index (χ3v) is 5.40. The van der Waals surface area contributed by atoms with Crippen LogP contribution in [0.15, 0.2) is 48.5 Å². The van der Waals surface area contributed by atoms with Crippen LogP contribution in [0, 0.1) is 0 Å². The van der Waals surface area contributed by atoms with Crippen molar-refractivity contribution in [1.29, 1.82) is 0 Å². The van der Waals surface area contributed by atoms with E-state index in [0.29, 0.717) is 18.8 Å². The fraction of sp³-hybridized carbons (Fsp3) is 0.480. The first-order chi connectivity index (χ1) is 13.9. The Morgan fingerprint density at radius 1 is 0.931 bits per heavy atom. The lowest BCUT2D eigenvalue weighted by Crippen LogP contribution is -2.33. The number of likely N-dealkylation sites (tertiary alicyclic amines) is 1. The van der Waals surface area contributed by atoms with Crippen molar-refractivity contribution < 1.29 is 14.3 Å². The van der Waals surface area contributed by atoms with Gasteiger partial charge in [-0.2, -0.15) is 0 Å². The molecule has 0 aromatic heterocycles. The second-order valence-electron chi connectivity index (χ2n) is 8.80. The zero-order chi connectivity index (χ0) is 20.7. The summed E-state index contributed by atoms with van der Waals surface area (Å²) in [5, 5.41) is 0. The summed E-state index contributed by atoms with van der Waals surface area (Å²) >= 11 is 0. The molecule has 2 aromatic carbocycles. The predicted octanol–water partition coefficient (Wildman–Crippen LogP) is 5.21. The Kier molecular flexibility index (Phi) is 7.32. The average Bonchev–Trinajstić information content (AvgIpc) is 2.73. The summed E-state index contributed by atoms with van der Waals surface area (Å²) in [7, 11) is 0. The van der Waals surface area contributed by atoms with Crippen LogP contribution >= 0.6 is 0 Å². The van der Waals surface area contributed by atoms with Gasteiger partial charge in [0.05, 0.1) is 5.56 Å². The molecule has 1 heterocycles. The first kappa shape index (κ1) is 21.4. The molecule has 156 valence electrons. The van der Waals surface area contributed by atoms with Gasteiger partial charge in [-0.3, -0.25) is 4.90 Å². The zero-order valence-corrected chi connectivity index (χ0v) is 17.9. The number of ether oxygens (including phenoxy) is 2. The van der Waals surface area contributed by atoms with Gasteiger partial charge >= 0.3 is 5.97 Å². The summed E-state index contributed by atoms with van der Waals surface area (Å²) in [6, 6.07) is 15.7. The number of hydrogen-bond donors (Lipinski definition) is 0. The van der Waals surface area contributed by atoms with Crippen LogP contribution in [-0.2, 0) is 16.8 Å². The van der Waals surface area contributed by atoms with Gasteiger partial charge in [0, 0.05) is 6.54 Å². The van der Waals surface area contributed by atoms with Crippen LogP contribution in [0.1, 0.15) is 61.5 Å². The smallest absolute Gasteiger partial charge is 0.338 e. The Morgan fingerprint density at radius 2 is 1.59 bits per heavy atom. The van der Waals surface area contributed by atoms with Gasteiger partial charge < -0.3 is 9.47 Å². The maximum atomic E-state index is 12.2. The van der Waals surface area contributed by atoms with E-state index >= 15 is 0 Å². The van der Waals surface area contributed by atoms with Gasteiger partial charge in [0.2, 0.25) is 0 Å². The fourth-order valence-electron chi connectivity index (χ4n) is 3.49. The normalized spacial score (nSPS) is 15.1. The molecule has 4 nitrogen and oxygen atoms in total. The van der Waals surface area contributed by atoms with Crippen LogP contribution in [0.3, 0.4) is 0 Å². The van der Waals surface area contributed by atoms with E-state index in [1.807, 2.05) is 36.4 Å². The number of piperidine rings is 1. The minimum atomic E-state index is -0.257. The van der Waals surface area contributed by atoms with Crippen molar-refractivity contribution in [1.82, 2.24) is 4.90 Å². The second kappa shape index (κ2) is 9.93. The van der Waals surface area contributed by atoms with Gasteiger partial charge in [0.1, 0.15) is 19.0 Å². The molecule has 0 radical (unpaired) electrons. The molecular weight excluding hydrogens is 362 g/mol. The standard InChI is InChI=1S/C25H33NO3/c1-25(2,3)22-11-13-23(14-12-22)29-19-20-7-9-21(10-8-20)24(27)28-18-17-26-15-5-4-6-16-26/h7-14H,4-6,15-19H2,1-3H3. The molecule has 2 aromatic rings. The van der Waals surface area contributed by atoms with Gasteiger partial charge in [-0.25, -0.2) is 4.79 Å². The van der Waals surface area contributed by atoms with E-state index in [-0.39, 0.29) is 11.4 Å². The number of rotatable bonds is 7. The Morgan fingerprint density at radius 3 is 2.21 bits per heavy atom. The zero-order valence-electron chi connectivity index (χ0n) is 17.9. The van der Waals surface area contributed by atoms with Crippen molar-refractivity contribution >= 4 is 5.97 Å². The van der Waals surface area contributed by atoms with Crippen LogP contribution in [0.2, 0.25) is 0 Å². The maximum Gasteiger partial charge on any atom is 0.338 e. The largest absolute Gasteiger partial charge is 0.489 e. The SMILES string of the molecule is CC(C)(C)c1ccc(OCc2ccc(C(=O)OCCN3CCCCC3)cc2)cc1.